The van der Waals surface area contributed by atoms with E-state index in [9.17, 15) is 8.42 Å². The zero-order chi connectivity index (χ0) is 12.9. The van der Waals surface area contributed by atoms with Gasteiger partial charge < -0.3 is 5.32 Å². The highest BCUT2D eigenvalue weighted by atomic mass is 35.5. The molecule has 0 radical (unpaired) electrons. The minimum atomic E-state index is -2.89. The second-order valence-corrected chi connectivity index (χ2v) is 8.01. The van der Waals surface area contributed by atoms with Crippen molar-refractivity contribution in [1.82, 2.24) is 5.32 Å². The molecule has 0 aliphatic rings. The minimum absolute atomic E-state index is 0.194. The van der Waals surface area contributed by atoms with Crippen molar-refractivity contribution in [2.75, 3.05) is 18.1 Å². The summed E-state index contributed by atoms with van der Waals surface area (Å²) < 4.78 is 23.5. The highest BCUT2D eigenvalue weighted by molar-refractivity contribution is 7.91. The molecule has 98 valence electrons. The van der Waals surface area contributed by atoms with Crippen molar-refractivity contribution in [1.29, 1.82) is 0 Å². The molecular weight excluding hydrogens is 278 g/mol. The number of nitrogens with one attached hydrogen (secondary N) is 1. The molecule has 17 heavy (non-hydrogen) atoms. The number of halogens is 1. The largest absolute Gasteiger partial charge is 0.308 e. The van der Waals surface area contributed by atoms with E-state index in [1.165, 1.54) is 11.3 Å². The number of hydrogen-bond donors (Lipinski definition) is 1. The summed E-state index contributed by atoms with van der Waals surface area (Å²) in [5.74, 6) is 0.398. The molecule has 0 aromatic carbocycles. The van der Waals surface area contributed by atoms with Gasteiger partial charge in [-0.2, -0.15) is 0 Å². The molecule has 0 saturated carbocycles. The van der Waals surface area contributed by atoms with Crippen molar-refractivity contribution >= 4 is 32.8 Å². The monoisotopic (exact) mass is 295 g/mol. The van der Waals surface area contributed by atoms with E-state index in [2.05, 4.69) is 12.2 Å². The van der Waals surface area contributed by atoms with Gasteiger partial charge in [-0.15, -0.1) is 11.3 Å². The van der Waals surface area contributed by atoms with E-state index in [0.29, 0.717) is 6.54 Å². The van der Waals surface area contributed by atoms with Gasteiger partial charge in [-0.3, -0.25) is 0 Å². The van der Waals surface area contributed by atoms with Crippen molar-refractivity contribution in [3.05, 3.63) is 21.3 Å². The van der Waals surface area contributed by atoms with Gasteiger partial charge in [0.15, 0.2) is 9.84 Å². The van der Waals surface area contributed by atoms with Crippen LogP contribution < -0.4 is 5.32 Å². The van der Waals surface area contributed by atoms with Crippen molar-refractivity contribution in [2.45, 2.75) is 26.3 Å². The first-order chi connectivity index (χ1) is 7.98. The molecule has 0 aliphatic heterocycles. The molecular formula is C11H18ClNO2S2. The Balaban J connectivity index is 2.49. The minimum Gasteiger partial charge on any atom is -0.308 e. The van der Waals surface area contributed by atoms with Crippen LogP contribution in [0.15, 0.2) is 12.1 Å². The summed E-state index contributed by atoms with van der Waals surface area (Å²) in [6.45, 7) is 4.23. The predicted octanol–water partition coefficient (Wildman–Crippen LogP) is 2.88. The number of thiophene rings is 1. The molecule has 3 nitrogen and oxygen atoms in total. The molecule has 1 aromatic heterocycles. The van der Waals surface area contributed by atoms with E-state index in [1.807, 2.05) is 12.1 Å². The molecule has 1 unspecified atom stereocenters. The number of rotatable bonds is 7. The first-order valence-electron chi connectivity index (χ1n) is 5.67. The Morgan fingerprint density at radius 2 is 2.12 bits per heavy atom. The summed E-state index contributed by atoms with van der Waals surface area (Å²) in [5, 5.41) is 3.26. The molecule has 1 aromatic rings. The van der Waals surface area contributed by atoms with Crippen LogP contribution in [0, 0.1) is 0 Å². The maximum Gasteiger partial charge on any atom is 0.151 e. The Kier molecular flexibility index (Phi) is 5.92. The Morgan fingerprint density at radius 1 is 1.41 bits per heavy atom. The number of hydrogen-bond acceptors (Lipinski definition) is 4. The molecule has 1 rings (SSSR count). The van der Waals surface area contributed by atoms with Crippen LogP contribution in [0.5, 0.6) is 0 Å². The fraction of sp³-hybridized carbons (Fsp3) is 0.636. The zero-order valence-electron chi connectivity index (χ0n) is 10.1. The first kappa shape index (κ1) is 15.0. The maximum absolute atomic E-state index is 11.4. The third-order valence-corrected chi connectivity index (χ3v) is 5.64. The summed E-state index contributed by atoms with van der Waals surface area (Å²) >= 11 is 7.42. The summed E-state index contributed by atoms with van der Waals surface area (Å²) in [4.78, 5) is 1.16. The Hall–Kier alpha value is -0.100. The maximum atomic E-state index is 11.4. The Labute approximate surface area is 112 Å². The van der Waals surface area contributed by atoms with Crippen LogP contribution in [0.1, 0.15) is 31.2 Å². The molecule has 1 atom stereocenters. The van der Waals surface area contributed by atoms with Crippen molar-refractivity contribution in [3.63, 3.8) is 0 Å². The topological polar surface area (TPSA) is 46.2 Å². The lowest BCUT2D eigenvalue weighted by atomic mass is 10.2. The fourth-order valence-corrected chi connectivity index (χ4v) is 3.43. The van der Waals surface area contributed by atoms with Gasteiger partial charge in [0, 0.05) is 23.2 Å². The van der Waals surface area contributed by atoms with Crippen molar-refractivity contribution < 1.29 is 8.42 Å². The van der Waals surface area contributed by atoms with E-state index in [0.717, 1.165) is 15.6 Å². The number of sulfone groups is 1. The van der Waals surface area contributed by atoms with E-state index in [-0.39, 0.29) is 17.5 Å². The quantitative estimate of drug-likeness (QED) is 0.841. The molecule has 6 heteroatoms. The van der Waals surface area contributed by atoms with Gasteiger partial charge in [0.2, 0.25) is 0 Å². The smallest absolute Gasteiger partial charge is 0.151 e. The van der Waals surface area contributed by atoms with Gasteiger partial charge >= 0.3 is 0 Å². The molecule has 0 saturated heterocycles. The molecule has 0 aliphatic carbocycles. The molecule has 0 bridgehead atoms. The lowest BCUT2D eigenvalue weighted by Gasteiger charge is -2.15. The van der Waals surface area contributed by atoms with Gasteiger partial charge in [-0.25, -0.2) is 8.42 Å². The van der Waals surface area contributed by atoms with E-state index < -0.39 is 9.84 Å². The zero-order valence-corrected chi connectivity index (χ0v) is 12.5. The standard InChI is InChI=1S/C11H18ClNO2S2/c1-3-9(10-5-6-11(12)16-10)13-7-8-17(14,15)4-2/h5-6,9,13H,3-4,7-8H2,1-2H3. The van der Waals surface area contributed by atoms with Crippen molar-refractivity contribution in [3.8, 4) is 0 Å². The second kappa shape index (κ2) is 6.73. The van der Waals surface area contributed by atoms with Gasteiger partial charge in [-0.1, -0.05) is 25.4 Å². The van der Waals surface area contributed by atoms with E-state index >= 15 is 0 Å². The molecule has 0 spiro atoms. The molecule has 0 fully saturated rings. The van der Waals surface area contributed by atoms with Gasteiger partial charge in [0.25, 0.3) is 0 Å². The van der Waals surface area contributed by atoms with Gasteiger partial charge in [-0.05, 0) is 18.6 Å². The third-order valence-electron chi connectivity index (χ3n) is 2.59. The second-order valence-electron chi connectivity index (χ2n) is 3.79. The van der Waals surface area contributed by atoms with Crippen LogP contribution in [0.25, 0.3) is 0 Å². The summed E-state index contributed by atoms with van der Waals surface area (Å²) in [6, 6.07) is 4.05. The lowest BCUT2D eigenvalue weighted by molar-refractivity contribution is 0.538. The Morgan fingerprint density at radius 3 is 2.59 bits per heavy atom. The fourth-order valence-electron chi connectivity index (χ4n) is 1.49. The SMILES string of the molecule is CCC(NCCS(=O)(=O)CC)c1ccc(Cl)s1. The molecule has 1 N–H and O–H groups in total. The summed E-state index contributed by atoms with van der Waals surface area (Å²) in [7, 11) is -2.89. The third kappa shape index (κ3) is 4.95. The Bertz CT molecular complexity index is 442. The van der Waals surface area contributed by atoms with Crippen LogP contribution in [-0.4, -0.2) is 26.5 Å². The summed E-state index contributed by atoms with van der Waals surface area (Å²) in [5.41, 5.74) is 0. The van der Waals surface area contributed by atoms with Gasteiger partial charge in [0.05, 0.1) is 10.1 Å². The van der Waals surface area contributed by atoms with Crippen LogP contribution in [0.3, 0.4) is 0 Å². The van der Waals surface area contributed by atoms with Crippen LogP contribution in [0.4, 0.5) is 0 Å². The van der Waals surface area contributed by atoms with Crippen LogP contribution in [0.2, 0.25) is 4.34 Å². The predicted molar refractivity (Wildman–Crippen MR) is 74.7 cm³/mol. The van der Waals surface area contributed by atoms with Crippen LogP contribution in [-0.2, 0) is 9.84 Å². The highest BCUT2D eigenvalue weighted by Crippen LogP contribution is 2.28. The lowest BCUT2D eigenvalue weighted by Crippen LogP contribution is -2.27. The molecule has 1 heterocycles. The van der Waals surface area contributed by atoms with E-state index in [4.69, 9.17) is 11.6 Å². The average molecular weight is 296 g/mol. The van der Waals surface area contributed by atoms with Gasteiger partial charge in [0.1, 0.15) is 0 Å². The van der Waals surface area contributed by atoms with Crippen molar-refractivity contribution in [2.24, 2.45) is 0 Å². The van der Waals surface area contributed by atoms with Crippen LogP contribution >= 0.6 is 22.9 Å². The average Bonchev–Trinajstić information content (AvgIpc) is 2.71. The summed E-state index contributed by atoms with van der Waals surface area (Å²) in [6.07, 6.45) is 0.920. The molecule has 0 amide bonds. The van der Waals surface area contributed by atoms with E-state index in [1.54, 1.807) is 6.92 Å². The normalized spacial score (nSPS) is 13.8. The highest BCUT2D eigenvalue weighted by Gasteiger charge is 2.13. The first-order valence-corrected chi connectivity index (χ1v) is 8.69.